The minimum atomic E-state index is -3.82. The summed E-state index contributed by atoms with van der Waals surface area (Å²) < 4.78 is 25.0. The summed E-state index contributed by atoms with van der Waals surface area (Å²) in [5.74, 6) is 1.42. The zero-order valence-electron chi connectivity index (χ0n) is 11.4. The van der Waals surface area contributed by atoms with E-state index in [1.807, 2.05) is 18.2 Å². The van der Waals surface area contributed by atoms with Gasteiger partial charge in [-0.1, -0.05) is 30.3 Å². The van der Waals surface area contributed by atoms with Crippen LogP contribution in [0.5, 0.6) is 0 Å². The Labute approximate surface area is 123 Å². The fourth-order valence-corrected chi connectivity index (χ4v) is 3.63. The monoisotopic (exact) mass is 304 g/mol. The Morgan fingerprint density at radius 3 is 2.43 bits per heavy atom. The van der Waals surface area contributed by atoms with Crippen molar-refractivity contribution >= 4 is 10.0 Å². The molecule has 2 saturated carbocycles. The molecule has 2 atom stereocenters. The van der Waals surface area contributed by atoms with Gasteiger partial charge in [0.1, 0.15) is 5.82 Å². The second kappa shape index (κ2) is 4.38. The van der Waals surface area contributed by atoms with E-state index >= 15 is 0 Å². The normalized spacial score (nSPS) is 25.0. The summed E-state index contributed by atoms with van der Waals surface area (Å²) in [5, 5.41) is 13.1. The molecule has 2 aromatic rings. The number of primary sulfonamides is 1. The Bertz CT molecular complexity index is 781. The topological polar surface area (TPSA) is 90.9 Å². The van der Waals surface area contributed by atoms with Crippen molar-refractivity contribution < 1.29 is 8.42 Å². The van der Waals surface area contributed by atoms with Crippen LogP contribution in [0.15, 0.2) is 35.5 Å². The van der Waals surface area contributed by atoms with Crippen LogP contribution in [0.4, 0.5) is 0 Å². The molecule has 0 saturated heterocycles. The highest BCUT2D eigenvalue weighted by atomic mass is 32.2. The van der Waals surface area contributed by atoms with Crippen LogP contribution in [-0.2, 0) is 10.0 Å². The molecule has 2 fully saturated rings. The summed E-state index contributed by atoms with van der Waals surface area (Å²) in [7, 11) is -3.82. The first-order valence-corrected chi connectivity index (χ1v) is 8.63. The fraction of sp³-hybridized carbons (Fsp3) is 0.429. The molecule has 2 unspecified atom stereocenters. The maximum Gasteiger partial charge on any atom is 0.273 e. The minimum Gasteiger partial charge on any atom is -0.297 e. The van der Waals surface area contributed by atoms with Gasteiger partial charge < -0.3 is 0 Å². The van der Waals surface area contributed by atoms with Crippen molar-refractivity contribution in [3.63, 3.8) is 0 Å². The van der Waals surface area contributed by atoms with Gasteiger partial charge in [-0.3, -0.25) is 4.57 Å². The fourth-order valence-electron chi connectivity index (χ4n) is 2.96. The highest BCUT2D eigenvalue weighted by molar-refractivity contribution is 7.89. The van der Waals surface area contributed by atoms with Crippen LogP contribution in [0.1, 0.15) is 48.5 Å². The quantitative estimate of drug-likeness (QED) is 0.927. The first-order chi connectivity index (χ1) is 10.1. The molecule has 0 bridgehead atoms. The third-order valence-electron chi connectivity index (χ3n) is 4.21. The van der Waals surface area contributed by atoms with Crippen molar-refractivity contribution in [3.8, 4) is 0 Å². The number of hydrogen-bond donors (Lipinski definition) is 1. The lowest BCUT2D eigenvalue weighted by Crippen LogP contribution is -2.19. The molecular formula is C14H16N4O2S. The van der Waals surface area contributed by atoms with Crippen molar-refractivity contribution in [2.24, 2.45) is 5.14 Å². The zero-order chi connectivity index (χ0) is 14.6. The molecule has 1 aromatic carbocycles. The van der Waals surface area contributed by atoms with E-state index in [1.165, 1.54) is 5.56 Å². The summed E-state index contributed by atoms with van der Waals surface area (Å²) in [6, 6.07) is 10.4. The molecule has 2 N–H and O–H groups in total. The van der Waals surface area contributed by atoms with E-state index in [4.69, 9.17) is 5.14 Å². The molecule has 1 heterocycles. The molecule has 7 heteroatoms. The lowest BCUT2D eigenvalue weighted by Gasteiger charge is -2.07. The molecule has 21 heavy (non-hydrogen) atoms. The predicted octanol–water partition coefficient (Wildman–Crippen LogP) is 1.53. The molecule has 2 aliphatic carbocycles. The average Bonchev–Trinajstić information content (AvgIpc) is 3.37. The van der Waals surface area contributed by atoms with Gasteiger partial charge in [-0.2, -0.15) is 0 Å². The molecule has 6 nitrogen and oxygen atoms in total. The highest BCUT2D eigenvalue weighted by Crippen LogP contribution is 2.55. The number of nitrogens with two attached hydrogens (primary N) is 1. The van der Waals surface area contributed by atoms with Gasteiger partial charge in [0.25, 0.3) is 15.2 Å². The Balaban J connectivity index is 1.70. The second-order valence-corrected chi connectivity index (χ2v) is 7.30. The molecule has 110 valence electrons. The molecule has 4 rings (SSSR count). The maximum atomic E-state index is 11.6. The minimum absolute atomic E-state index is 0.0845. The Morgan fingerprint density at radius 2 is 1.81 bits per heavy atom. The van der Waals surface area contributed by atoms with Gasteiger partial charge in [-0.05, 0) is 30.7 Å². The standard InChI is InChI=1S/C14H16N4O2S/c15-21(19,20)14-17-16-13(18(14)10-6-7-10)12-8-11(12)9-4-2-1-3-5-9/h1-5,10-12H,6-8H2,(H2,15,19,20). The Kier molecular flexibility index (Phi) is 2.71. The summed E-state index contributed by atoms with van der Waals surface area (Å²) >= 11 is 0. The van der Waals surface area contributed by atoms with E-state index in [2.05, 4.69) is 22.3 Å². The second-order valence-electron chi connectivity index (χ2n) is 5.85. The third-order valence-corrected chi connectivity index (χ3v) is 4.99. The maximum absolute atomic E-state index is 11.6. The van der Waals surface area contributed by atoms with Crippen LogP contribution in [0.25, 0.3) is 0 Å². The van der Waals surface area contributed by atoms with Crippen LogP contribution in [0.3, 0.4) is 0 Å². The average molecular weight is 304 g/mol. The largest absolute Gasteiger partial charge is 0.297 e. The molecule has 0 amide bonds. The van der Waals surface area contributed by atoms with Crippen LogP contribution < -0.4 is 5.14 Å². The summed E-state index contributed by atoms with van der Waals surface area (Å²) in [5.41, 5.74) is 1.27. The molecule has 0 aliphatic heterocycles. The van der Waals surface area contributed by atoms with E-state index in [-0.39, 0.29) is 17.1 Å². The van der Waals surface area contributed by atoms with Crippen LogP contribution in [0, 0.1) is 0 Å². The molecular weight excluding hydrogens is 288 g/mol. The number of rotatable bonds is 4. The molecule has 0 radical (unpaired) electrons. The number of benzene rings is 1. The zero-order valence-corrected chi connectivity index (χ0v) is 12.2. The van der Waals surface area contributed by atoms with Crippen molar-refractivity contribution in [1.82, 2.24) is 14.8 Å². The lowest BCUT2D eigenvalue weighted by atomic mass is 10.1. The molecule has 2 aliphatic rings. The number of nitrogens with zero attached hydrogens (tertiary/aromatic N) is 3. The van der Waals surface area contributed by atoms with Gasteiger partial charge in [0.15, 0.2) is 0 Å². The predicted molar refractivity (Wildman–Crippen MR) is 76.2 cm³/mol. The van der Waals surface area contributed by atoms with Crippen molar-refractivity contribution in [1.29, 1.82) is 0 Å². The van der Waals surface area contributed by atoms with E-state index < -0.39 is 10.0 Å². The first kappa shape index (κ1) is 13.0. The number of sulfonamides is 1. The highest BCUT2D eigenvalue weighted by Gasteiger charge is 2.46. The van der Waals surface area contributed by atoms with Gasteiger partial charge >= 0.3 is 0 Å². The Hall–Kier alpha value is -1.73. The van der Waals surface area contributed by atoms with Crippen molar-refractivity contribution in [3.05, 3.63) is 41.7 Å². The van der Waals surface area contributed by atoms with Crippen LogP contribution in [-0.4, -0.2) is 23.2 Å². The van der Waals surface area contributed by atoms with Gasteiger partial charge in [-0.25, -0.2) is 13.6 Å². The number of hydrogen-bond acceptors (Lipinski definition) is 4. The SMILES string of the molecule is NS(=O)(=O)c1nnc(C2CC2c2ccccc2)n1C1CC1. The van der Waals surface area contributed by atoms with Gasteiger partial charge in [0.05, 0.1) is 0 Å². The number of aromatic nitrogens is 3. The summed E-state index contributed by atoms with van der Waals surface area (Å²) in [4.78, 5) is 0. The van der Waals surface area contributed by atoms with E-state index in [0.717, 1.165) is 25.1 Å². The van der Waals surface area contributed by atoms with Crippen molar-refractivity contribution in [2.45, 2.75) is 42.3 Å². The van der Waals surface area contributed by atoms with Gasteiger partial charge in [0.2, 0.25) is 0 Å². The summed E-state index contributed by atoms with van der Waals surface area (Å²) in [6.07, 6.45) is 2.92. The lowest BCUT2D eigenvalue weighted by molar-refractivity contribution is 0.558. The van der Waals surface area contributed by atoms with Gasteiger partial charge in [0, 0.05) is 12.0 Å². The smallest absolute Gasteiger partial charge is 0.273 e. The van der Waals surface area contributed by atoms with Crippen LogP contribution in [0.2, 0.25) is 0 Å². The third kappa shape index (κ3) is 2.26. The summed E-state index contributed by atoms with van der Waals surface area (Å²) in [6.45, 7) is 0. The van der Waals surface area contributed by atoms with E-state index in [1.54, 1.807) is 4.57 Å². The molecule has 0 spiro atoms. The van der Waals surface area contributed by atoms with Crippen LogP contribution >= 0.6 is 0 Å². The Morgan fingerprint density at radius 1 is 1.10 bits per heavy atom. The molecule has 1 aromatic heterocycles. The van der Waals surface area contributed by atoms with E-state index in [0.29, 0.717) is 5.92 Å². The van der Waals surface area contributed by atoms with Gasteiger partial charge in [-0.15, -0.1) is 10.2 Å². The van der Waals surface area contributed by atoms with Crippen molar-refractivity contribution in [2.75, 3.05) is 0 Å². The van der Waals surface area contributed by atoms with E-state index in [9.17, 15) is 8.42 Å². The first-order valence-electron chi connectivity index (χ1n) is 7.08.